The molecule has 5 atom stereocenters. The largest absolute Gasteiger partial charge is 0.481 e. The maximum absolute atomic E-state index is 13.0. The average Bonchev–Trinajstić information content (AvgIpc) is 2.66. The monoisotopic (exact) mass is 316 g/mol. The first-order valence-corrected chi connectivity index (χ1v) is 8.83. The lowest BCUT2D eigenvalue weighted by Crippen LogP contribution is -2.53. The smallest absolute Gasteiger partial charge is 0.303 e. The maximum atomic E-state index is 13.0. The molecule has 23 heavy (non-hydrogen) atoms. The van der Waals surface area contributed by atoms with Crippen LogP contribution in [0.3, 0.4) is 0 Å². The maximum Gasteiger partial charge on any atom is 0.303 e. The van der Waals surface area contributed by atoms with Crippen LogP contribution in [0.25, 0.3) is 0 Å². The van der Waals surface area contributed by atoms with E-state index in [1.165, 1.54) is 0 Å². The van der Waals surface area contributed by atoms with Crippen LogP contribution in [0.4, 0.5) is 0 Å². The number of ketones is 1. The standard InChI is InChI=1S/C20H28O3/c1-12(2)15-7-10-20-11-14(13(3)18(20)23)5-6-16(20)19(15,4)9-8-17(21)22/h14-16H,1,3,5-11H2,2,4H3,(H,21,22). The van der Waals surface area contributed by atoms with Gasteiger partial charge in [-0.15, -0.1) is 0 Å². The lowest BCUT2D eigenvalue weighted by atomic mass is 9.46. The van der Waals surface area contributed by atoms with Gasteiger partial charge in [-0.25, -0.2) is 0 Å². The van der Waals surface area contributed by atoms with Gasteiger partial charge in [-0.2, -0.15) is 0 Å². The molecule has 2 bridgehead atoms. The molecular weight excluding hydrogens is 288 g/mol. The number of carboxylic acid groups (broad SMARTS) is 1. The second-order valence-electron chi connectivity index (χ2n) is 8.38. The molecule has 3 fully saturated rings. The highest BCUT2D eigenvalue weighted by Crippen LogP contribution is 2.67. The van der Waals surface area contributed by atoms with Crippen molar-refractivity contribution in [2.45, 2.75) is 58.8 Å². The first kappa shape index (κ1) is 16.5. The molecule has 1 N–H and O–H groups in total. The van der Waals surface area contributed by atoms with Crippen LogP contribution >= 0.6 is 0 Å². The van der Waals surface area contributed by atoms with E-state index in [1.54, 1.807) is 0 Å². The SMILES string of the molecule is C=C1C(=O)C23CCC(C(=C)C)C(C)(CCC(=O)O)C2CCC1C3. The summed E-state index contributed by atoms with van der Waals surface area (Å²) in [6.45, 7) is 12.5. The van der Waals surface area contributed by atoms with Gasteiger partial charge in [0.1, 0.15) is 0 Å². The van der Waals surface area contributed by atoms with E-state index in [2.05, 4.69) is 27.0 Å². The van der Waals surface area contributed by atoms with Gasteiger partial charge >= 0.3 is 5.97 Å². The van der Waals surface area contributed by atoms with Gasteiger partial charge < -0.3 is 5.11 Å². The fourth-order valence-electron chi connectivity index (χ4n) is 6.24. The molecule has 3 nitrogen and oxygen atoms in total. The van der Waals surface area contributed by atoms with Crippen LogP contribution in [0.5, 0.6) is 0 Å². The van der Waals surface area contributed by atoms with Crippen LogP contribution in [0.15, 0.2) is 24.3 Å². The summed E-state index contributed by atoms with van der Waals surface area (Å²) in [6.07, 6.45) is 5.68. The summed E-state index contributed by atoms with van der Waals surface area (Å²) in [5.74, 6) is 0.487. The normalized spacial score (nSPS) is 42.4. The quantitative estimate of drug-likeness (QED) is 0.618. The Bertz CT molecular complexity index is 590. The summed E-state index contributed by atoms with van der Waals surface area (Å²) in [4.78, 5) is 24.2. The van der Waals surface area contributed by atoms with Crippen LogP contribution in [0.2, 0.25) is 0 Å². The molecule has 0 aromatic carbocycles. The van der Waals surface area contributed by atoms with E-state index in [9.17, 15) is 14.7 Å². The summed E-state index contributed by atoms with van der Waals surface area (Å²) in [7, 11) is 0. The van der Waals surface area contributed by atoms with E-state index in [1.807, 2.05) is 0 Å². The van der Waals surface area contributed by atoms with Crippen molar-refractivity contribution in [3.8, 4) is 0 Å². The molecule has 0 aromatic heterocycles. The number of carbonyl (C=O) groups excluding carboxylic acids is 1. The molecule has 0 saturated heterocycles. The predicted molar refractivity (Wildman–Crippen MR) is 89.9 cm³/mol. The first-order valence-electron chi connectivity index (χ1n) is 8.83. The molecule has 126 valence electrons. The molecule has 0 heterocycles. The highest BCUT2D eigenvalue weighted by atomic mass is 16.4. The van der Waals surface area contributed by atoms with Crippen molar-refractivity contribution in [1.29, 1.82) is 0 Å². The number of carboxylic acids is 1. The highest BCUT2D eigenvalue weighted by Gasteiger charge is 2.64. The second-order valence-corrected chi connectivity index (χ2v) is 8.38. The van der Waals surface area contributed by atoms with Gasteiger partial charge in [0.05, 0.1) is 0 Å². The number of carbonyl (C=O) groups is 2. The van der Waals surface area contributed by atoms with Gasteiger partial charge in [0.25, 0.3) is 0 Å². The van der Waals surface area contributed by atoms with Crippen LogP contribution < -0.4 is 0 Å². The Balaban J connectivity index is 2.02. The molecule has 1 spiro atoms. The van der Waals surface area contributed by atoms with Crippen LogP contribution in [0, 0.1) is 28.6 Å². The third kappa shape index (κ3) is 2.23. The van der Waals surface area contributed by atoms with Crippen molar-refractivity contribution in [2.24, 2.45) is 28.6 Å². The molecule has 0 aliphatic heterocycles. The van der Waals surface area contributed by atoms with Gasteiger partial charge in [0.15, 0.2) is 5.78 Å². The zero-order valence-electron chi connectivity index (χ0n) is 14.4. The number of aliphatic carboxylic acids is 1. The molecule has 0 amide bonds. The third-order valence-corrected chi connectivity index (χ3v) is 7.26. The van der Waals surface area contributed by atoms with Crippen LogP contribution in [0.1, 0.15) is 58.8 Å². The Morgan fingerprint density at radius 1 is 1.35 bits per heavy atom. The number of Topliss-reactive ketones (excluding diaryl/α,β-unsaturated/α-hetero) is 1. The van der Waals surface area contributed by atoms with Crippen molar-refractivity contribution in [2.75, 3.05) is 0 Å². The molecule has 5 unspecified atom stereocenters. The molecule has 3 heteroatoms. The van der Waals surface area contributed by atoms with E-state index in [4.69, 9.17) is 0 Å². The fourth-order valence-corrected chi connectivity index (χ4v) is 6.24. The zero-order valence-corrected chi connectivity index (χ0v) is 14.4. The minimum Gasteiger partial charge on any atom is -0.481 e. The number of rotatable bonds is 4. The average molecular weight is 316 g/mol. The molecule has 3 aliphatic carbocycles. The Labute approximate surface area is 138 Å². The number of hydrogen-bond donors (Lipinski definition) is 1. The molecular formula is C20H28O3. The van der Waals surface area contributed by atoms with E-state index >= 15 is 0 Å². The van der Waals surface area contributed by atoms with Crippen molar-refractivity contribution < 1.29 is 14.7 Å². The van der Waals surface area contributed by atoms with E-state index in [-0.39, 0.29) is 29.0 Å². The predicted octanol–water partition coefficient (Wildman–Crippen LogP) is 4.39. The summed E-state index contributed by atoms with van der Waals surface area (Å²) in [6, 6.07) is 0. The molecule has 3 saturated carbocycles. The van der Waals surface area contributed by atoms with E-state index in [0.29, 0.717) is 18.3 Å². The van der Waals surface area contributed by atoms with Gasteiger partial charge in [-0.3, -0.25) is 9.59 Å². The lowest BCUT2D eigenvalue weighted by Gasteiger charge is -2.57. The molecule has 0 radical (unpaired) electrons. The van der Waals surface area contributed by atoms with E-state index < -0.39 is 5.97 Å². The van der Waals surface area contributed by atoms with Crippen molar-refractivity contribution in [3.63, 3.8) is 0 Å². The van der Waals surface area contributed by atoms with Crippen molar-refractivity contribution in [1.82, 2.24) is 0 Å². The third-order valence-electron chi connectivity index (χ3n) is 7.26. The topological polar surface area (TPSA) is 54.4 Å². The van der Waals surface area contributed by atoms with Crippen LogP contribution in [-0.2, 0) is 9.59 Å². The first-order chi connectivity index (χ1) is 10.7. The van der Waals surface area contributed by atoms with Gasteiger partial charge in [0, 0.05) is 11.8 Å². The van der Waals surface area contributed by atoms with Gasteiger partial charge in [0.2, 0.25) is 0 Å². The van der Waals surface area contributed by atoms with Gasteiger partial charge in [-0.1, -0.05) is 25.7 Å². The van der Waals surface area contributed by atoms with Crippen molar-refractivity contribution in [3.05, 3.63) is 24.3 Å². The lowest BCUT2D eigenvalue weighted by molar-refractivity contribution is -0.144. The summed E-state index contributed by atoms with van der Waals surface area (Å²) in [5, 5.41) is 9.20. The van der Waals surface area contributed by atoms with E-state index in [0.717, 1.165) is 43.3 Å². The minimum atomic E-state index is -0.748. The summed E-state index contributed by atoms with van der Waals surface area (Å²) < 4.78 is 0. The molecule has 0 aromatic rings. The minimum absolute atomic E-state index is 0.145. The van der Waals surface area contributed by atoms with Crippen LogP contribution in [-0.4, -0.2) is 16.9 Å². The second kappa shape index (κ2) is 5.32. The Kier molecular flexibility index (Phi) is 3.81. The van der Waals surface area contributed by atoms with Gasteiger partial charge in [-0.05, 0) is 74.2 Å². The highest BCUT2D eigenvalue weighted by molar-refractivity contribution is 6.03. The number of allylic oxidation sites excluding steroid dienone is 2. The summed E-state index contributed by atoms with van der Waals surface area (Å²) >= 11 is 0. The Morgan fingerprint density at radius 3 is 2.65 bits per heavy atom. The molecule has 3 rings (SSSR count). The Morgan fingerprint density at radius 2 is 2.04 bits per heavy atom. The number of hydrogen-bond acceptors (Lipinski definition) is 2. The molecule has 3 aliphatic rings. The summed E-state index contributed by atoms with van der Waals surface area (Å²) in [5.41, 5.74) is 1.56. The van der Waals surface area contributed by atoms with Crippen molar-refractivity contribution >= 4 is 11.8 Å². The fraction of sp³-hybridized carbons (Fsp3) is 0.700. The number of fused-ring (bicyclic) bond motifs is 1. The Hall–Kier alpha value is -1.38. The zero-order chi connectivity index (χ0) is 17.0.